The molecule has 5 nitrogen and oxygen atoms in total. The molecule has 1 aliphatic rings. The number of hydrogen-bond donors (Lipinski definition) is 3. The van der Waals surface area contributed by atoms with Crippen LogP contribution in [0.3, 0.4) is 0 Å². The molecule has 188 valence electrons. The van der Waals surface area contributed by atoms with Gasteiger partial charge >= 0.3 is 5.97 Å². The number of benzene rings is 3. The Hall–Kier alpha value is -3.31. The second kappa shape index (κ2) is 10.4. The topological polar surface area (TPSA) is 78.4 Å². The third-order valence-corrected chi connectivity index (χ3v) is 7.59. The summed E-state index contributed by atoms with van der Waals surface area (Å²) in [6.07, 6.45) is 1.96. The van der Waals surface area contributed by atoms with E-state index in [0.29, 0.717) is 24.3 Å². The maximum Gasteiger partial charge on any atom is 0.329 e. The van der Waals surface area contributed by atoms with Gasteiger partial charge in [-0.05, 0) is 91.6 Å². The molecule has 0 spiro atoms. The molecule has 0 heterocycles. The number of halogens is 1. The van der Waals surface area contributed by atoms with Crippen LogP contribution in [0.2, 0.25) is 5.02 Å². The minimum absolute atomic E-state index is 0.324. The van der Waals surface area contributed by atoms with Gasteiger partial charge in [-0.2, -0.15) is 0 Å². The zero-order valence-electron chi connectivity index (χ0n) is 21.2. The molecule has 4 rings (SSSR count). The van der Waals surface area contributed by atoms with E-state index in [1.165, 1.54) is 5.56 Å². The molecule has 0 radical (unpaired) electrons. The van der Waals surface area contributed by atoms with Gasteiger partial charge in [0.15, 0.2) is 0 Å². The lowest BCUT2D eigenvalue weighted by atomic mass is 9.94. The molecule has 1 amide bonds. The average Bonchev–Trinajstić information content (AvgIpc) is 3.62. The Morgan fingerprint density at radius 3 is 2.25 bits per heavy atom. The zero-order valence-corrected chi connectivity index (χ0v) is 22.0. The third kappa shape index (κ3) is 5.41. The minimum Gasteiger partial charge on any atom is -0.480 e. The van der Waals surface area contributed by atoms with Crippen LogP contribution in [0.5, 0.6) is 0 Å². The normalized spacial score (nSPS) is 14.7. The van der Waals surface area contributed by atoms with E-state index in [0.717, 1.165) is 51.5 Å². The van der Waals surface area contributed by atoms with Gasteiger partial charge in [-0.3, -0.25) is 4.79 Å². The van der Waals surface area contributed by atoms with Crippen molar-refractivity contribution in [2.45, 2.75) is 58.4 Å². The number of aryl methyl sites for hydroxylation is 3. The molecule has 1 fully saturated rings. The maximum absolute atomic E-state index is 12.9. The van der Waals surface area contributed by atoms with Crippen molar-refractivity contribution in [2.24, 2.45) is 0 Å². The van der Waals surface area contributed by atoms with E-state index in [1.54, 1.807) is 0 Å². The van der Waals surface area contributed by atoms with Gasteiger partial charge in [0.2, 0.25) is 0 Å². The van der Waals surface area contributed by atoms with Gasteiger partial charge in [-0.15, -0.1) is 0 Å². The first kappa shape index (κ1) is 25.8. The fraction of sp³-hybridized carbons (Fsp3) is 0.333. The van der Waals surface area contributed by atoms with Crippen LogP contribution in [-0.2, 0) is 4.79 Å². The molecular weight excluding hydrogens is 472 g/mol. The largest absolute Gasteiger partial charge is 0.480 e. The molecule has 0 bridgehead atoms. The summed E-state index contributed by atoms with van der Waals surface area (Å²) in [5, 5.41) is 16.5. The molecular formula is C30H33ClN2O3. The van der Waals surface area contributed by atoms with Crippen molar-refractivity contribution >= 4 is 29.2 Å². The number of carboxylic acids is 1. The van der Waals surface area contributed by atoms with Gasteiger partial charge in [0.25, 0.3) is 5.91 Å². The number of amides is 1. The van der Waals surface area contributed by atoms with Crippen LogP contribution in [0.25, 0.3) is 11.1 Å². The lowest BCUT2D eigenvalue weighted by molar-refractivity contribution is -0.140. The smallest absolute Gasteiger partial charge is 0.329 e. The Balaban J connectivity index is 1.50. The Kier molecular flexibility index (Phi) is 7.41. The van der Waals surface area contributed by atoms with E-state index in [4.69, 9.17) is 11.6 Å². The van der Waals surface area contributed by atoms with E-state index in [1.807, 2.05) is 45.0 Å². The summed E-state index contributed by atoms with van der Waals surface area (Å²) in [6.45, 7) is 8.83. The summed E-state index contributed by atoms with van der Waals surface area (Å²) in [4.78, 5) is 24.4. The Morgan fingerprint density at radius 2 is 1.67 bits per heavy atom. The van der Waals surface area contributed by atoms with Crippen LogP contribution >= 0.6 is 11.6 Å². The zero-order chi connectivity index (χ0) is 26.0. The summed E-state index contributed by atoms with van der Waals surface area (Å²) < 4.78 is 0. The van der Waals surface area contributed by atoms with Crippen LogP contribution in [0, 0.1) is 20.8 Å². The van der Waals surface area contributed by atoms with Gasteiger partial charge in [-0.25, -0.2) is 4.79 Å². The highest BCUT2D eigenvalue weighted by molar-refractivity contribution is 6.31. The summed E-state index contributed by atoms with van der Waals surface area (Å²) in [5.74, 6) is -0.925. The molecule has 1 aliphatic carbocycles. The van der Waals surface area contributed by atoms with Crippen molar-refractivity contribution in [1.29, 1.82) is 0 Å². The molecule has 1 atom stereocenters. The number of hydrogen-bond acceptors (Lipinski definition) is 3. The predicted molar refractivity (Wildman–Crippen MR) is 146 cm³/mol. The lowest BCUT2D eigenvalue weighted by Crippen LogP contribution is -2.43. The second-order valence-electron chi connectivity index (χ2n) is 9.90. The number of carboxylic acid groups (broad SMARTS) is 1. The molecule has 6 heteroatoms. The van der Waals surface area contributed by atoms with Crippen molar-refractivity contribution in [3.05, 3.63) is 87.4 Å². The van der Waals surface area contributed by atoms with Crippen LogP contribution in [-0.4, -0.2) is 29.1 Å². The van der Waals surface area contributed by atoms with Gasteiger partial charge in [-0.1, -0.05) is 54.9 Å². The molecule has 3 N–H and O–H groups in total. The fourth-order valence-corrected chi connectivity index (χ4v) is 4.87. The summed E-state index contributed by atoms with van der Waals surface area (Å²) in [6, 6.07) is 18.5. The standard InChI is InChI=1S/C30H33ClN2O3/c1-5-21(23-9-10-26(31)18(2)13-23)17-32-25-8-6-7-22(16-25)24-14-19(3)27(20(4)15-24)28(34)33-30(11-12-30)29(35)36/h6-10,13-16,21,32H,5,11-12,17H2,1-4H3,(H,33,34)(H,35,36). The van der Waals surface area contributed by atoms with Crippen LogP contribution in [0.15, 0.2) is 54.6 Å². The van der Waals surface area contributed by atoms with Gasteiger partial charge in [0.05, 0.1) is 0 Å². The van der Waals surface area contributed by atoms with Crippen LogP contribution < -0.4 is 10.6 Å². The van der Waals surface area contributed by atoms with Crippen molar-refractivity contribution in [2.75, 3.05) is 11.9 Å². The SMILES string of the molecule is CCC(CNc1cccc(-c2cc(C)c(C(=O)NC3(C(=O)O)CC3)c(C)c2)c1)c1ccc(Cl)c(C)c1. The average molecular weight is 505 g/mol. The van der Waals surface area contributed by atoms with Crippen molar-refractivity contribution in [3.63, 3.8) is 0 Å². The van der Waals surface area contributed by atoms with E-state index >= 15 is 0 Å². The van der Waals surface area contributed by atoms with E-state index in [-0.39, 0.29) is 5.91 Å². The highest BCUT2D eigenvalue weighted by Gasteiger charge is 2.51. The number of aliphatic carboxylic acids is 1. The van der Waals surface area contributed by atoms with E-state index < -0.39 is 11.5 Å². The summed E-state index contributed by atoms with van der Waals surface area (Å²) >= 11 is 6.21. The highest BCUT2D eigenvalue weighted by atomic mass is 35.5. The molecule has 1 saturated carbocycles. The van der Waals surface area contributed by atoms with Crippen molar-refractivity contribution < 1.29 is 14.7 Å². The van der Waals surface area contributed by atoms with Crippen molar-refractivity contribution in [1.82, 2.24) is 5.32 Å². The molecule has 36 heavy (non-hydrogen) atoms. The highest BCUT2D eigenvalue weighted by Crippen LogP contribution is 2.36. The first-order valence-corrected chi connectivity index (χ1v) is 12.8. The fourth-order valence-electron chi connectivity index (χ4n) is 4.75. The monoisotopic (exact) mass is 504 g/mol. The number of carbonyl (C=O) groups excluding carboxylic acids is 1. The number of nitrogens with one attached hydrogen (secondary N) is 2. The first-order chi connectivity index (χ1) is 17.1. The van der Waals surface area contributed by atoms with Crippen LogP contribution in [0.4, 0.5) is 5.69 Å². The number of carbonyl (C=O) groups is 2. The van der Waals surface area contributed by atoms with Gasteiger partial charge in [0, 0.05) is 28.7 Å². The predicted octanol–water partition coefficient (Wildman–Crippen LogP) is 6.88. The first-order valence-electron chi connectivity index (χ1n) is 12.4. The number of rotatable bonds is 9. The molecule has 3 aromatic rings. The van der Waals surface area contributed by atoms with E-state index in [2.05, 4.69) is 47.9 Å². The van der Waals surface area contributed by atoms with E-state index in [9.17, 15) is 14.7 Å². The molecule has 3 aromatic carbocycles. The minimum atomic E-state index is -1.10. The quantitative estimate of drug-likeness (QED) is 0.296. The Bertz CT molecular complexity index is 1290. The van der Waals surface area contributed by atoms with Gasteiger partial charge < -0.3 is 15.7 Å². The lowest BCUT2D eigenvalue weighted by Gasteiger charge is -2.19. The Morgan fingerprint density at radius 1 is 0.972 bits per heavy atom. The molecule has 0 saturated heterocycles. The van der Waals surface area contributed by atoms with Crippen molar-refractivity contribution in [3.8, 4) is 11.1 Å². The summed E-state index contributed by atoms with van der Waals surface area (Å²) in [5.41, 5.74) is 6.57. The molecule has 0 aromatic heterocycles. The number of anilines is 1. The maximum atomic E-state index is 12.9. The summed E-state index contributed by atoms with van der Waals surface area (Å²) in [7, 11) is 0. The van der Waals surface area contributed by atoms with Gasteiger partial charge in [0.1, 0.15) is 5.54 Å². The second-order valence-corrected chi connectivity index (χ2v) is 10.3. The van der Waals surface area contributed by atoms with Crippen LogP contribution in [0.1, 0.15) is 64.7 Å². The molecule has 0 aliphatic heterocycles. The molecule has 1 unspecified atom stereocenters. The Labute approximate surface area is 217 Å². The third-order valence-electron chi connectivity index (χ3n) is 7.17.